The van der Waals surface area contributed by atoms with Gasteiger partial charge in [-0.2, -0.15) is 0 Å². The number of primary amides is 1. The predicted molar refractivity (Wildman–Crippen MR) is 84.6 cm³/mol. The van der Waals surface area contributed by atoms with Gasteiger partial charge in [0.05, 0.1) is 0 Å². The lowest BCUT2D eigenvalue weighted by Crippen LogP contribution is -2.60. The van der Waals surface area contributed by atoms with Crippen molar-refractivity contribution in [1.29, 1.82) is 0 Å². The van der Waals surface area contributed by atoms with E-state index < -0.39 is 11.4 Å². The zero-order valence-corrected chi connectivity index (χ0v) is 13.2. The molecule has 0 saturated heterocycles. The highest BCUT2D eigenvalue weighted by molar-refractivity contribution is 5.90. The minimum Gasteiger partial charge on any atom is -0.368 e. The molecular formula is C17H26N2O2. The summed E-state index contributed by atoms with van der Waals surface area (Å²) >= 11 is 0. The van der Waals surface area contributed by atoms with Crippen LogP contribution in [0.2, 0.25) is 0 Å². The molecule has 0 heterocycles. The van der Waals surface area contributed by atoms with Gasteiger partial charge in [-0.25, -0.2) is 0 Å². The largest absolute Gasteiger partial charge is 0.368 e. The molecule has 0 fully saturated rings. The summed E-state index contributed by atoms with van der Waals surface area (Å²) in [6.07, 6.45) is 2.51. The minimum absolute atomic E-state index is 0.0296. The third-order valence-electron chi connectivity index (χ3n) is 4.06. The standard InChI is InChI=1S/C17H26N2O2/c1-4-17(13(2)3,16(18)21)19-15(20)12-8-11-14-9-6-5-7-10-14/h5-7,9-10,13H,4,8,11-12H2,1-3H3,(H2,18,21)(H,19,20). The van der Waals surface area contributed by atoms with Gasteiger partial charge < -0.3 is 11.1 Å². The monoisotopic (exact) mass is 290 g/mol. The van der Waals surface area contributed by atoms with Crippen molar-refractivity contribution in [3.63, 3.8) is 0 Å². The minimum atomic E-state index is -0.941. The van der Waals surface area contributed by atoms with Crippen molar-refractivity contribution in [2.24, 2.45) is 11.7 Å². The average molecular weight is 290 g/mol. The number of carbonyl (C=O) groups excluding carboxylic acids is 2. The topological polar surface area (TPSA) is 72.2 Å². The highest BCUT2D eigenvalue weighted by atomic mass is 16.2. The third-order valence-corrected chi connectivity index (χ3v) is 4.06. The van der Waals surface area contributed by atoms with E-state index in [-0.39, 0.29) is 11.8 Å². The molecule has 3 N–H and O–H groups in total. The summed E-state index contributed by atoms with van der Waals surface area (Å²) in [6, 6.07) is 10.0. The number of rotatable bonds is 8. The molecule has 21 heavy (non-hydrogen) atoms. The van der Waals surface area contributed by atoms with Gasteiger partial charge in [-0.3, -0.25) is 9.59 Å². The van der Waals surface area contributed by atoms with E-state index in [0.29, 0.717) is 12.8 Å². The molecule has 0 aliphatic rings. The van der Waals surface area contributed by atoms with Crippen molar-refractivity contribution in [1.82, 2.24) is 5.32 Å². The second-order valence-corrected chi connectivity index (χ2v) is 5.73. The lowest BCUT2D eigenvalue weighted by atomic mass is 9.83. The van der Waals surface area contributed by atoms with Crippen LogP contribution in [0.3, 0.4) is 0 Å². The van der Waals surface area contributed by atoms with Crippen LogP contribution in [-0.2, 0) is 16.0 Å². The molecule has 1 aromatic rings. The maximum absolute atomic E-state index is 12.1. The zero-order chi connectivity index (χ0) is 15.9. The second-order valence-electron chi connectivity index (χ2n) is 5.73. The van der Waals surface area contributed by atoms with Crippen molar-refractivity contribution in [2.75, 3.05) is 0 Å². The van der Waals surface area contributed by atoms with Crippen LogP contribution in [-0.4, -0.2) is 17.4 Å². The maximum atomic E-state index is 12.1. The van der Waals surface area contributed by atoms with E-state index in [1.54, 1.807) is 0 Å². The lowest BCUT2D eigenvalue weighted by Gasteiger charge is -2.34. The fourth-order valence-electron chi connectivity index (χ4n) is 2.57. The Balaban J connectivity index is 2.53. The van der Waals surface area contributed by atoms with Crippen LogP contribution < -0.4 is 11.1 Å². The average Bonchev–Trinajstić information content (AvgIpc) is 2.45. The molecule has 0 aromatic heterocycles. The van der Waals surface area contributed by atoms with Crippen molar-refractivity contribution in [3.05, 3.63) is 35.9 Å². The summed E-state index contributed by atoms with van der Waals surface area (Å²) in [5.41, 5.74) is 5.77. The van der Waals surface area contributed by atoms with Gasteiger partial charge in [0, 0.05) is 6.42 Å². The molecule has 4 nitrogen and oxygen atoms in total. The van der Waals surface area contributed by atoms with Crippen LogP contribution in [0.15, 0.2) is 30.3 Å². The smallest absolute Gasteiger partial charge is 0.243 e. The number of nitrogens with one attached hydrogen (secondary N) is 1. The first kappa shape index (κ1) is 17.2. The van der Waals surface area contributed by atoms with Gasteiger partial charge in [-0.05, 0) is 30.7 Å². The molecule has 4 heteroatoms. The van der Waals surface area contributed by atoms with E-state index in [2.05, 4.69) is 5.32 Å². The Labute approximate surface area is 127 Å². The summed E-state index contributed by atoms with van der Waals surface area (Å²) in [4.78, 5) is 23.8. The number of amides is 2. The first-order valence-corrected chi connectivity index (χ1v) is 7.57. The van der Waals surface area contributed by atoms with Gasteiger partial charge in [0.15, 0.2) is 0 Å². The summed E-state index contributed by atoms with van der Waals surface area (Å²) in [7, 11) is 0. The Kier molecular flexibility index (Phi) is 6.40. The lowest BCUT2D eigenvalue weighted by molar-refractivity contribution is -0.133. The molecule has 0 radical (unpaired) electrons. The number of nitrogens with two attached hydrogens (primary N) is 1. The number of hydrogen-bond donors (Lipinski definition) is 2. The first-order valence-electron chi connectivity index (χ1n) is 7.57. The Morgan fingerprint density at radius 2 is 1.86 bits per heavy atom. The van der Waals surface area contributed by atoms with Crippen LogP contribution in [0, 0.1) is 5.92 Å². The van der Waals surface area contributed by atoms with Crippen LogP contribution in [0.5, 0.6) is 0 Å². The molecule has 1 atom stereocenters. The van der Waals surface area contributed by atoms with Crippen LogP contribution in [0.4, 0.5) is 0 Å². The number of benzene rings is 1. The summed E-state index contributed by atoms with van der Waals surface area (Å²) < 4.78 is 0. The molecule has 0 aliphatic carbocycles. The highest BCUT2D eigenvalue weighted by Crippen LogP contribution is 2.21. The molecule has 116 valence electrons. The van der Waals surface area contributed by atoms with Gasteiger partial charge in [-0.1, -0.05) is 51.1 Å². The van der Waals surface area contributed by atoms with Gasteiger partial charge in [-0.15, -0.1) is 0 Å². The van der Waals surface area contributed by atoms with Crippen LogP contribution in [0.25, 0.3) is 0 Å². The molecule has 0 aliphatic heterocycles. The van der Waals surface area contributed by atoms with Gasteiger partial charge in [0.25, 0.3) is 0 Å². The number of hydrogen-bond acceptors (Lipinski definition) is 2. The SMILES string of the molecule is CCC(NC(=O)CCCc1ccccc1)(C(N)=O)C(C)C. The molecule has 1 aromatic carbocycles. The molecule has 1 rings (SSSR count). The Morgan fingerprint density at radius 1 is 1.24 bits per heavy atom. The van der Waals surface area contributed by atoms with E-state index in [1.807, 2.05) is 51.1 Å². The summed E-state index contributed by atoms with van der Waals surface area (Å²) in [5, 5.41) is 2.85. The van der Waals surface area contributed by atoms with Crippen molar-refractivity contribution in [2.45, 2.75) is 52.0 Å². The Bertz CT molecular complexity index is 471. The molecule has 2 amide bonds. The normalized spacial score (nSPS) is 13.7. The van der Waals surface area contributed by atoms with Crippen LogP contribution >= 0.6 is 0 Å². The van der Waals surface area contributed by atoms with E-state index in [1.165, 1.54) is 5.56 Å². The fraction of sp³-hybridized carbons (Fsp3) is 0.529. The third kappa shape index (κ3) is 4.59. The van der Waals surface area contributed by atoms with Crippen molar-refractivity contribution in [3.8, 4) is 0 Å². The highest BCUT2D eigenvalue weighted by Gasteiger charge is 2.39. The molecule has 1 unspecified atom stereocenters. The summed E-state index contributed by atoms with van der Waals surface area (Å²) in [6.45, 7) is 5.67. The maximum Gasteiger partial charge on any atom is 0.243 e. The number of carbonyl (C=O) groups is 2. The molecular weight excluding hydrogens is 264 g/mol. The van der Waals surface area contributed by atoms with E-state index in [0.717, 1.165) is 12.8 Å². The van der Waals surface area contributed by atoms with Gasteiger partial charge >= 0.3 is 0 Å². The van der Waals surface area contributed by atoms with Gasteiger partial charge in [0.1, 0.15) is 5.54 Å². The first-order chi connectivity index (χ1) is 9.92. The van der Waals surface area contributed by atoms with E-state index in [9.17, 15) is 9.59 Å². The van der Waals surface area contributed by atoms with E-state index >= 15 is 0 Å². The zero-order valence-electron chi connectivity index (χ0n) is 13.2. The van der Waals surface area contributed by atoms with E-state index in [4.69, 9.17) is 5.73 Å². The summed E-state index contributed by atoms with van der Waals surface area (Å²) in [5.74, 6) is -0.602. The quantitative estimate of drug-likeness (QED) is 0.771. The van der Waals surface area contributed by atoms with Gasteiger partial charge in [0.2, 0.25) is 11.8 Å². The molecule has 0 bridgehead atoms. The number of aryl methyl sites for hydroxylation is 1. The van der Waals surface area contributed by atoms with Crippen molar-refractivity contribution >= 4 is 11.8 Å². The van der Waals surface area contributed by atoms with Crippen LogP contribution in [0.1, 0.15) is 45.6 Å². The fourth-order valence-corrected chi connectivity index (χ4v) is 2.57. The molecule has 0 spiro atoms. The Morgan fingerprint density at radius 3 is 2.33 bits per heavy atom. The predicted octanol–water partition coefficient (Wildman–Crippen LogP) is 2.42. The Hall–Kier alpha value is -1.84. The van der Waals surface area contributed by atoms with Crippen molar-refractivity contribution < 1.29 is 9.59 Å². The molecule has 0 saturated carbocycles. The second kappa shape index (κ2) is 7.81.